The van der Waals surface area contributed by atoms with E-state index in [4.69, 9.17) is 0 Å². The lowest BCUT2D eigenvalue weighted by atomic mass is 10.3. The molecule has 0 atom stereocenters. The van der Waals surface area contributed by atoms with Crippen molar-refractivity contribution < 1.29 is 0 Å². The summed E-state index contributed by atoms with van der Waals surface area (Å²) in [5.74, 6) is 0.670. The van der Waals surface area contributed by atoms with Gasteiger partial charge in [0.25, 0.3) is 5.78 Å². The van der Waals surface area contributed by atoms with Crippen LogP contribution in [-0.2, 0) is 6.42 Å². The van der Waals surface area contributed by atoms with Crippen LogP contribution in [0.3, 0.4) is 0 Å². The maximum absolute atomic E-state index is 4.42. The fourth-order valence-electron chi connectivity index (χ4n) is 1.51. The van der Waals surface area contributed by atoms with Crippen LogP contribution in [0.15, 0.2) is 39.1 Å². The Morgan fingerprint density at radius 2 is 2.41 bits per heavy atom. The third kappa shape index (κ3) is 2.05. The molecule has 0 saturated heterocycles. The summed E-state index contributed by atoms with van der Waals surface area (Å²) in [4.78, 5) is 8.57. The number of aromatic nitrogens is 4. The Morgan fingerprint density at radius 3 is 3.18 bits per heavy atom. The molecule has 0 fully saturated rings. The van der Waals surface area contributed by atoms with Gasteiger partial charge in [-0.25, -0.2) is 4.98 Å². The van der Waals surface area contributed by atoms with E-state index in [-0.39, 0.29) is 0 Å². The van der Waals surface area contributed by atoms with E-state index in [0.29, 0.717) is 5.78 Å². The van der Waals surface area contributed by atoms with Crippen LogP contribution in [0.2, 0.25) is 0 Å². The summed E-state index contributed by atoms with van der Waals surface area (Å²) in [5, 5.41) is 7.34. The molecule has 3 aromatic heterocycles. The van der Waals surface area contributed by atoms with Gasteiger partial charge in [0.1, 0.15) is 11.4 Å². The van der Waals surface area contributed by atoms with E-state index in [1.165, 1.54) is 4.21 Å². The second-order valence-electron chi connectivity index (χ2n) is 3.45. The Balaban J connectivity index is 2.10. The van der Waals surface area contributed by atoms with Gasteiger partial charge in [-0.2, -0.15) is 14.6 Å². The van der Waals surface area contributed by atoms with E-state index in [0.717, 1.165) is 17.1 Å². The van der Waals surface area contributed by atoms with E-state index < -0.39 is 0 Å². The van der Waals surface area contributed by atoms with Crippen LogP contribution in [0.25, 0.3) is 5.78 Å². The standard InChI is InChI=1S/C11H10N4S2/c1-2-8-6-9(17-10-4-3-5-16-10)15-11(14-8)12-7-13-15/h3-7H,2H2,1H3. The molecule has 0 N–H and O–H groups in total. The molecule has 0 aliphatic carbocycles. The van der Waals surface area contributed by atoms with Gasteiger partial charge < -0.3 is 0 Å². The predicted molar refractivity (Wildman–Crippen MR) is 68.6 cm³/mol. The van der Waals surface area contributed by atoms with Crippen LogP contribution >= 0.6 is 23.1 Å². The summed E-state index contributed by atoms with van der Waals surface area (Å²) in [6, 6.07) is 6.23. The van der Waals surface area contributed by atoms with Gasteiger partial charge in [0, 0.05) is 5.69 Å². The zero-order chi connectivity index (χ0) is 11.7. The quantitative estimate of drug-likeness (QED) is 0.681. The van der Waals surface area contributed by atoms with Gasteiger partial charge in [-0.3, -0.25) is 0 Å². The molecule has 0 saturated carbocycles. The molecule has 6 heteroatoms. The minimum absolute atomic E-state index is 0.670. The highest BCUT2D eigenvalue weighted by Crippen LogP contribution is 2.31. The number of hydrogen-bond donors (Lipinski definition) is 0. The van der Waals surface area contributed by atoms with Crippen LogP contribution < -0.4 is 0 Å². The van der Waals surface area contributed by atoms with Crippen molar-refractivity contribution in [2.45, 2.75) is 22.6 Å². The number of nitrogens with zero attached hydrogens (tertiary/aromatic N) is 4. The fraction of sp³-hybridized carbons (Fsp3) is 0.182. The fourth-order valence-corrected chi connectivity index (χ4v) is 3.34. The Kier molecular flexibility index (Phi) is 2.82. The van der Waals surface area contributed by atoms with Crippen LogP contribution in [0.4, 0.5) is 0 Å². The molecule has 0 aromatic carbocycles. The first-order valence-corrected chi connectivity index (χ1v) is 6.97. The average molecular weight is 262 g/mol. The molecule has 0 aliphatic heterocycles. The number of hydrogen-bond acceptors (Lipinski definition) is 5. The lowest BCUT2D eigenvalue weighted by Gasteiger charge is -2.04. The monoisotopic (exact) mass is 262 g/mol. The van der Waals surface area contributed by atoms with E-state index in [2.05, 4.69) is 39.5 Å². The van der Waals surface area contributed by atoms with E-state index in [1.54, 1.807) is 33.9 Å². The number of thiophene rings is 1. The van der Waals surface area contributed by atoms with Crippen molar-refractivity contribution >= 4 is 28.9 Å². The molecular formula is C11H10N4S2. The topological polar surface area (TPSA) is 43.1 Å². The van der Waals surface area contributed by atoms with E-state index in [1.807, 2.05) is 6.07 Å². The Labute approximate surface area is 107 Å². The Morgan fingerprint density at radius 1 is 1.47 bits per heavy atom. The molecule has 0 unspecified atom stereocenters. The first kappa shape index (κ1) is 10.7. The molecule has 0 radical (unpaired) electrons. The van der Waals surface area contributed by atoms with E-state index >= 15 is 0 Å². The highest BCUT2D eigenvalue weighted by Gasteiger charge is 2.08. The lowest BCUT2D eigenvalue weighted by Crippen LogP contribution is -1.98. The molecule has 3 rings (SSSR count). The molecule has 0 spiro atoms. The van der Waals surface area contributed by atoms with Gasteiger partial charge in [-0.15, -0.1) is 11.3 Å². The van der Waals surface area contributed by atoms with Gasteiger partial charge in [0.15, 0.2) is 0 Å². The van der Waals surface area contributed by atoms with Crippen molar-refractivity contribution in [2.75, 3.05) is 0 Å². The van der Waals surface area contributed by atoms with Gasteiger partial charge >= 0.3 is 0 Å². The molecule has 0 aliphatic rings. The van der Waals surface area contributed by atoms with Crippen molar-refractivity contribution in [1.82, 2.24) is 19.6 Å². The van der Waals surface area contributed by atoms with Crippen molar-refractivity contribution in [3.8, 4) is 0 Å². The molecule has 86 valence electrons. The second-order valence-corrected chi connectivity index (χ2v) is 5.71. The highest BCUT2D eigenvalue weighted by atomic mass is 32.2. The van der Waals surface area contributed by atoms with Crippen molar-refractivity contribution in [3.05, 3.63) is 35.6 Å². The molecular weight excluding hydrogens is 252 g/mol. The molecule has 4 nitrogen and oxygen atoms in total. The minimum atomic E-state index is 0.670. The summed E-state index contributed by atoms with van der Waals surface area (Å²) in [6.45, 7) is 2.09. The SMILES string of the molecule is CCc1cc(Sc2cccs2)n2ncnc2n1. The Hall–Kier alpha value is -1.40. The molecule has 0 amide bonds. The summed E-state index contributed by atoms with van der Waals surface area (Å²) >= 11 is 3.42. The zero-order valence-electron chi connectivity index (χ0n) is 9.20. The van der Waals surface area contributed by atoms with Gasteiger partial charge in [-0.1, -0.05) is 24.8 Å². The lowest BCUT2D eigenvalue weighted by molar-refractivity contribution is 0.823. The predicted octanol–water partition coefficient (Wildman–Crippen LogP) is 2.90. The summed E-state index contributed by atoms with van der Waals surface area (Å²) in [5.41, 5.74) is 1.05. The van der Waals surface area contributed by atoms with Crippen LogP contribution in [0, 0.1) is 0 Å². The van der Waals surface area contributed by atoms with Gasteiger partial charge in [0.05, 0.1) is 4.21 Å². The highest BCUT2D eigenvalue weighted by molar-refractivity contribution is 8.01. The maximum Gasteiger partial charge on any atom is 0.253 e. The van der Waals surface area contributed by atoms with Crippen molar-refractivity contribution in [2.24, 2.45) is 0 Å². The summed E-state index contributed by atoms with van der Waals surface area (Å²) in [7, 11) is 0. The largest absolute Gasteiger partial charge is 0.253 e. The third-order valence-electron chi connectivity index (χ3n) is 2.33. The van der Waals surface area contributed by atoms with Crippen LogP contribution in [0.1, 0.15) is 12.6 Å². The minimum Gasteiger partial charge on any atom is -0.216 e. The maximum atomic E-state index is 4.42. The smallest absolute Gasteiger partial charge is 0.216 e. The molecule has 3 heterocycles. The van der Waals surface area contributed by atoms with Gasteiger partial charge in [-0.05, 0) is 23.9 Å². The molecule has 0 bridgehead atoms. The normalized spacial score (nSPS) is 11.1. The zero-order valence-corrected chi connectivity index (χ0v) is 10.8. The number of rotatable bonds is 3. The third-order valence-corrected chi connectivity index (χ3v) is 4.37. The number of aryl methyl sites for hydroxylation is 1. The first-order chi connectivity index (χ1) is 8.36. The van der Waals surface area contributed by atoms with Crippen LogP contribution in [-0.4, -0.2) is 19.6 Å². The molecule has 17 heavy (non-hydrogen) atoms. The average Bonchev–Trinajstić information content (AvgIpc) is 2.98. The van der Waals surface area contributed by atoms with Crippen molar-refractivity contribution in [3.63, 3.8) is 0 Å². The first-order valence-electron chi connectivity index (χ1n) is 5.28. The van der Waals surface area contributed by atoms with Crippen molar-refractivity contribution in [1.29, 1.82) is 0 Å². The second kappa shape index (κ2) is 4.46. The van der Waals surface area contributed by atoms with Gasteiger partial charge in [0.2, 0.25) is 0 Å². The molecule has 3 aromatic rings. The van der Waals surface area contributed by atoms with E-state index in [9.17, 15) is 0 Å². The number of fused-ring (bicyclic) bond motifs is 1. The summed E-state index contributed by atoms with van der Waals surface area (Å²) in [6.07, 6.45) is 2.45. The Bertz CT molecular complexity index is 630. The van der Waals surface area contributed by atoms with Crippen LogP contribution in [0.5, 0.6) is 0 Å². The summed E-state index contributed by atoms with van der Waals surface area (Å²) < 4.78 is 3.03.